The summed E-state index contributed by atoms with van der Waals surface area (Å²) in [6, 6.07) is 9.98. The number of thioether (sulfide) groups is 2. The Bertz CT molecular complexity index is 1110. The van der Waals surface area contributed by atoms with Crippen molar-refractivity contribution in [1.82, 2.24) is 10.6 Å². The molecule has 200 valence electrons. The molecule has 2 amide bonds. The lowest BCUT2D eigenvalue weighted by Crippen LogP contribution is -2.54. The smallest absolute Gasteiger partial charge is 0.328 e. The molecule has 0 fully saturated rings. The molecular weight excluding hydrogens is 527 g/mol. The summed E-state index contributed by atoms with van der Waals surface area (Å²) in [6.45, 7) is 7.89. The Hall–Kier alpha value is -2.48. The maximum atomic E-state index is 13.7. The van der Waals surface area contributed by atoms with Gasteiger partial charge in [-0.05, 0) is 29.9 Å². The summed E-state index contributed by atoms with van der Waals surface area (Å²) in [5.41, 5.74) is 1.81. The average Bonchev–Trinajstić information content (AvgIpc) is 3.26. The van der Waals surface area contributed by atoms with Crippen LogP contribution in [0.25, 0.3) is 11.1 Å². The molecule has 1 aromatic carbocycles. The molecule has 2 rings (SSSR count). The summed E-state index contributed by atoms with van der Waals surface area (Å²) in [7, 11) is 1.29. The first-order chi connectivity index (χ1) is 17.7. The number of hydrogen-bond acceptors (Lipinski definition) is 8. The first-order valence-corrected chi connectivity index (χ1v) is 15.2. The van der Waals surface area contributed by atoms with Gasteiger partial charge in [-0.15, -0.1) is 23.1 Å². The van der Waals surface area contributed by atoms with Crippen LogP contribution in [0.1, 0.15) is 55.8 Å². The number of nitrogens with one attached hydrogen (secondary N) is 2. The van der Waals surface area contributed by atoms with Gasteiger partial charge in [-0.2, -0.15) is 17.0 Å². The van der Waals surface area contributed by atoms with Crippen LogP contribution >= 0.6 is 34.9 Å². The van der Waals surface area contributed by atoms with Gasteiger partial charge in [0.15, 0.2) is 0 Å². The van der Waals surface area contributed by atoms with Gasteiger partial charge in [0.2, 0.25) is 5.91 Å². The van der Waals surface area contributed by atoms with Crippen molar-refractivity contribution in [3.8, 4) is 17.2 Å². The molecular formula is C27H35N3O4S3. The number of ether oxygens (including phenoxy) is 1. The molecule has 0 spiro atoms. The van der Waals surface area contributed by atoms with E-state index in [4.69, 9.17) is 4.74 Å². The minimum atomic E-state index is -0.864. The Kier molecular flexibility index (Phi) is 12.5. The number of rotatable bonds is 13. The Labute approximate surface area is 232 Å². The molecule has 0 aliphatic carbocycles. The van der Waals surface area contributed by atoms with Gasteiger partial charge in [0.05, 0.1) is 16.9 Å². The lowest BCUT2D eigenvalue weighted by molar-refractivity contribution is -0.145. The normalized spacial score (nSPS) is 13.4. The van der Waals surface area contributed by atoms with Gasteiger partial charge < -0.3 is 15.4 Å². The molecule has 1 aromatic heterocycles. The second-order valence-electron chi connectivity index (χ2n) is 8.82. The summed E-state index contributed by atoms with van der Waals surface area (Å²) >= 11 is 4.37. The summed E-state index contributed by atoms with van der Waals surface area (Å²) in [5, 5.41) is 15.9. The van der Waals surface area contributed by atoms with E-state index in [0.717, 1.165) is 9.77 Å². The van der Waals surface area contributed by atoms with E-state index < -0.39 is 29.9 Å². The first-order valence-electron chi connectivity index (χ1n) is 12.1. The predicted molar refractivity (Wildman–Crippen MR) is 153 cm³/mol. The first kappa shape index (κ1) is 30.7. The molecule has 1 heterocycles. The Morgan fingerprint density at radius 3 is 2.35 bits per heavy atom. The van der Waals surface area contributed by atoms with Crippen molar-refractivity contribution in [2.24, 2.45) is 5.92 Å². The monoisotopic (exact) mass is 561 g/mol. The van der Waals surface area contributed by atoms with Crippen LogP contribution in [0.2, 0.25) is 0 Å². The van der Waals surface area contributed by atoms with Crippen molar-refractivity contribution in [3.63, 3.8) is 0 Å². The van der Waals surface area contributed by atoms with Crippen LogP contribution in [0.15, 0.2) is 34.5 Å². The quantitative estimate of drug-likeness (QED) is 0.251. The van der Waals surface area contributed by atoms with Gasteiger partial charge >= 0.3 is 5.97 Å². The fourth-order valence-corrected chi connectivity index (χ4v) is 6.74. The van der Waals surface area contributed by atoms with Crippen molar-refractivity contribution in [2.45, 2.75) is 62.1 Å². The number of methoxy groups -OCH3 is 1. The molecule has 0 bridgehead atoms. The number of thiophene rings is 1. The van der Waals surface area contributed by atoms with Gasteiger partial charge in [0, 0.05) is 10.8 Å². The fourth-order valence-electron chi connectivity index (χ4n) is 3.65. The molecule has 0 radical (unpaired) electrons. The maximum absolute atomic E-state index is 13.7. The predicted octanol–water partition coefficient (Wildman–Crippen LogP) is 5.34. The van der Waals surface area contributed by atoms with Gasteiger partial charge in [-0.3, -0.25) is 9.59 Å². The number of carbonyl (C=O) groups is 3. The van der Waals surface area contributed by atoms with Gasteiger partial charge in [0.25, 0.3) is 5.91 Å². The molecule has 10 heteroatoms. The summed E-state index contributed by atoms with van der Waals surface area (Å²) in [4.78, 5) is 39.7. The van der Waals surface area contributed by atoms with E-state index in [-0.39, 0.29) is 11.2 Å². The van der Waals surface area contributed by atoms with Gasteiger partial charge in [0.1, 0.15) is 23.0 Å². The Balaban J connectivity index is 2.45. The number of amides is 2. The summed E-state index contributed by atoms with van der Waals surface area (Å²) < 4.78 is 5.64. The van der Waals surface area contributed by atoms with E-state index >= 15 is 0 Å². The number of benzene rings is 1. The topological polar surface area (TPSA) is 108 Å². The highest BCUT2D eigenvalue weighted by Crippen LogP contribution is 2.42. The largest absolute Gasteiger partial charge is 0.467 e. The number of esters is 1. The van der Waals surface area contributed by atoms with Crippen LogP contribution in [-0.4, -0.2) is 54.2 Å². The zero-order chi connectivity index (χ0) is 27.5. The number of hydrogen-bond donors (Lipinski definition) is 2. The molecule has 37 heavy (non-hydrogen) atoms. The SMILES string of the molecule is CC[C@H](C)[C@H](NC(=O)c1sc(SC(C)C)c(C#N)c1-c1ccccc1)C(=O)N[C@@H](CCSC)C(=O)OC. The Morgan fingerprint density at radius 2 is 1.81 bits per heavy atom. The molecule has 2 N–H and O–H groups in total. The van der Waals surface area contributed by atoms with E-state index in [1.54, 1.807) is 11.8 Å². The zero-order valence-electron chi connectivity index (χ0n) is 22.1. The highest BCUT2D eigenvalue weighted by Gasteiger charge is 2.32. The number of nitrogens with zero attached hydrogens (tertiary/aromatic N) is 1. The summed E-state index contributed by atoms with van der Waals surface area (Å²) in [6.07, 6.45) is 2.98. The third-order valence-corrected chi connectivity index (χ3v) is 8.85. The molecule has 0 aliphatic heterocycles. The zero-order valence-corrected chi connectivity index (χ0v) is 24.6. The number of nitriles is 1. The molecule has 0 saturated carbocycles. The van der Waals surface area contributed by atoms with Crippen LogP contribution < -0.4 is 10.6 Å². The van der Waals surface area contributed by atoms with E-state index in [1.807, 2.05) is 64.3 Å². The van der Waals surface area contributed by atoms with Crippen molar-refractivity contribution < 1.29 is 19.1 Å². The second-order valence-corrected chi connectivity index (χ2v) is 12.7. The maximum Gasteiger partial charge on any atom is 0.328 e. The molecule has 0 aliphatic rings. The third-order valence-electron chi connectivity index (χ3n) is 5.79. The Morgan fingerprint density at radius 1 is 1.14 bits per heavy atom. The fraction of sp³-hybridized carbons (Fsp3) is 0.481. The highest BCUT2D eigenvalue weighted by molar-refractivity contribution is 8.01. The van der Waals surface area contributed by atoms with E-state index in [0.29, 0.717) is 34.6 Å². The highest BCUT2D eigenvalue weighted by atomic mass is 32.2. The minimum Gasteiger partial charge on any atom is -0.467 e. The lowest BCUT2D eigenvalue weighted by atomic mass is 9.97. The molecule has 2 aromatic rings. The third kappa shape index (κ3) is 8.25. The molecule has 7 nitrogen and oxygen atoms in total. The van der Waals surface area contributed by atoms with Gasteiger partial charge in [-0.25, -0.2) is 4.79 Å². The van der Waals surface area contributed by atoms with Crippen molar-refractivity contribution in [3.05, 3.63) is 40.8 Å². The molecule has 0 saturated heterocycles. The number of carbonyl (C=O) groups excluding carboxylic acids is 3. The standard InChI is InChI=1S/C27H35N3O4S3/c1-7-17(4)22(24(31)29-20(13-14-35-6)26(33)34-5)30-25(32)23-21(18-11-9-8-10-12-18)19(15-28)27(37-23)36-16(2)3/h8-12,16-17,20,22H,7,13-14H2,1-6H3,(H,29,31)(H,30,32)/t17-,20-,22-/m0/s1. The van der Waals surface area contributed by atoms with Crippen LogP contribution in [0.3, 0.4) is 0 Å². The summed E-state index contributed by atoms with van der Waals surface area (Å²) in [5.74, 6) is -0.897. The van der Waals surface area contributed by atoms with E-state index in [9.17, 15) is 19.6 Å². The van der Waals surface area contributed by atoms with Crippen LogP contribution in [0, 0.1) is 17.2 Å². The second kappa shape index (κ2) is 15.1. The van der Waals surface area contributed by atoms with Crippen molar-refractivity contribution in [1.29, 1.82) is 5.26 Å². The van der Waals surface area contributed by atoms with Crippen LogP contribution in [-0.2, 0) is 14.3 Å². The molecule has 3 atom stereocenters. The van der Waals surface area contributed by atoms with E-state index in [1.165, 1.54) is 30.2 Å². The van der Waals surface area contributed by atoms with Crippen LogP contribution in [0.5, 0.6) is 0 Å². The van der Waals surface area contributed by atoms with E-state index in [2.05, 4.69) is 16.7 Å². The van der Waals surface area contributed by atoms with Crippen LogP contribution in [0.4, 0.5) is 0 Å². The molecule has 0 unspecified atom stereocenters. The average molecular weight is 562 g/mol. The lowest BCUT2D eigenvalue weighted by Gasteiger charge is -2.26. The van der Waals surface area contributed by atoms with Crippen molar-refractivity contribution >= 4 is 52.6 Å². The van der Waals surface area contributed by atoms with Crippen molar-refractivity contribution in [2.75, 3.05) is 19.1 Å². The van der Waals surface area contributed by atoms with Gasteiger partial charge in [-0.1, -0.05) is 64.4 Å². The minimum absolute atomic E-state index is 0.192.